The van der Waals surface area contributed by atoms with Crippen LogP contribution in [-0.2, 0) is 6.42 Å². The molecule has 0 unspecified atom stereocenters. The molecule has 1 nitrogen and oxygen atoms in total. The van der Waals surface area contributed by atoms with Crippen molar-refractivity contribution in [2.75, 3.05) is 11.9 Å². The lowest BCUT2D eigenvalue weighted by Crippen LogP contribution is -2.14. The zero-order valence-electron chi connectivity index (χ0n) is 9.43. The molecule has 3 heteroatoms. The van der Waals surface area contributed by atoms with Crippen molar-refractivity contribution >= 4 is 27.5 Å². The molecule has 16 heavy (non-hydrogen) atoms. The van der Waals surface area contributed by atoms with Crippen molar-refractivity contribution in [3.05, 3.63) is 28.8 Å². The molecule has 0 saturated heterocycles. The van der Waals surface area contributed by atoms with Crippen LogP contribution in [0.25, 0.3) is 0 Å². The second-order valence-electron chi connectivity index (χ2n) is 4.53. The van der Waals surface area contributed by atoms with Crippen molar-refractivity contribution in [2.24, 2.45) is 5.41 Å². The average molecular weight is 304 g/mol. The largest absolute Gasteiger partial charge is 0.493 e. The summed E-state index contributed by atoms with van der Waals surface area (Å²) in [5.74, 6) is 0.938. The first-order valence-electron chi connectivity index (χ1n) is 5.66. The molecule has 1 aliphatic carbocycles. The van der Waals surface area contributed by atoms with Gasteiger partial charge in [-0.1, -0.05) is 34.5 Å². The average Bonchev–Trinajstić information content (AvgIpc) is 3.09. The van der Waals surface area contributed by atoms with E-state index in [1.165, 1.54) is 12.8 Å². The van der Waals surface area contributed by atoms with Crippen LogP contribution in [0.5, 0.6) is 5.75 Å². The van der Waals surface area contributed by atoms with E-state index in [9.17, 15) is 0 Å². The Balaban J connectivity index is 1.99. The number of ether oxygens (including phenoxy) is 1. The first kappa shape index (κ1) is 12.3. The van der Waals surface area contributed by atoms with Gasteiger partial charge in [-0.05, 0) is 43.0 Å². The smallest absolute Gasteiger partial charge is 0.119 e. The van der Waals surface area contributed by atoms with Gasteiger partial charge in [-0.3, -0.25) is 0 Å². The summed E-state index contributed by atoms with van der Waals surface area (Å²) in [6, 6.07) is 5.92. The highest BCUT2D eigenvalue weighted by Crippen LogP contribution is 2.47. The van der Waals surface area contributed by atoms with Crippen LogP contribution in [0.2, 0.25) is 5.02 Å². The summed E-state index contributed by atoms with van der Waals surface area (Å²) in [6.45, 7) is 2.91. The summed E-state index contributed by atoms with van der Waals surface area (Å²) >= 11 is 9.61. The van der Waals surface area contributed by atoms with E-state index in [-0.39, 0.29) is 0 Å². The maximum atomic E-state index is 6.06. The minimum absolute atomic E-state index is 0.395. The Morgan fingerprint density at radius 3 is 2.75 bits per heavy atom. The van der Waals surface area contributed by atoms with E-state index in [2.05, 4.69) is 22.9 Å². The third-order valence-electron chi connectivity index (χ3n) is 3.18. The van der Waals surface area contributed by atoms with Crippen molar-refractivity contribution in [1.29, 1.82) is 0 Å². The normalized spacial score (nSPS) is 17.2. The molecular weight excluding hydrogens is 287 g/mol. The van der Waals surface area contributed by atoms with Gasteiger partial charge >= 0.3 is 0 Å². The number of hydrogen-bond donors (Lipinski definition) is 0. The first-order chi connectivity index (χ1) is 7.69. The molecule has 1 aliphatic rings. The van der Waals surface area contributed by atoms with E-state index in [4.69, 9.17) is 16.3 Å². The van der Waals surface area contributed by atoms with Crippen molar-refractivity contribution < 1.29 is 4.74 Å². The minimum Gasteiger partial charge on any atom is -0.493 e. The van der Waals surface area contributed by atoms with Gasteiger partial charge in [0.1, 0.15) is 5.75 Å². The lowest BCUT2D eigenvalue weighted by molar-refractivity contribution is 0.251. The number of benzene rings is 1. The summed E-state index contributed by atoms with van der Waals surface area (Å²) < 4.78 is 5.83. The Kier molecular flexibility index (Phi) is 3.81. The van der Waals surface area contributed by atoms with E-state index in [1.54, 1.807) is 0 Å². The Labute approximate surface area is 110 Å². The van der Waals surface area contributed by atoms with Crippen molar-refractivity contribution in [2.45, 2.75) is 26.2 Å². The van der Waals surface area contributed by atoms with E-state index in [1.807, 2.05) is 18.2 Å². The van der Waals surface area contributed by atoms with E-state index < -0.39 is 0 Å². The van der Waals surface area contributed by atoms with E-state index >= 15 is 0 Å². The highest BCUT2D eigenvalue weighted by Gasteiger charge is 2.42. The number of halogens is 2. The number of alkyl halides is 1. The molecule has 0 bridgehead atoms. The van der Waals surface area contributed by atoms with Crippen LogP contribution >= 0.6 is 27.5 Å². The fraction of sp³-hybridized carbons (Fsp3) is 0.538. The van der Waals surface area contributed by atoms with Gasteiger partial charge in [0.05, 0.1) is 6.61 Å². The molecule has 1 aromatic carbocycles. The van der Waals surface area contributed by atoms with Gasteiger partial charge in [0, 0.05) is 15.8 Å². The van der Waals surface area contributed by atoms with Crippen LogP contribution < -0.4 is 4.74 Å². The zero-order chi connectivity index (χ0) is 11.6. The van der Waals surface area contributed by atoms with Gasteiger partial charge in [0.2, 0.25) is 0 Å². The highest BCUT2D eigenvalue weighted by atomic mass is 79.9. The fourth-order valence-electron chi connectivity index (χ4n) is 1.64. The molecule has 1 saturated carbocycles. The van der Waals surface area contributed by atoms with E-state index in [0.717, 1.165) is 34.7 Å². The molecule has 0 aromatic heterocycles. The van der Waals surface area contributed by atoms with Gasteiger partial charge in [-0.15, -0.1) is 0 Å². The number of hydrogen-bond acceptors (Lipinski definition) is 1. The van der Waals surface area contributed by atoms with E-state index in [0.29, 0.717) is 5.41 Å². The maximum Gasteiger partial charge on any atom is 0.119 e. The predicted molar refractivity (Wildman–Crippen MR) is 71.8 cm³/mol. The van der Waals surface area contributed by atoms with Crippen LogP contribution in [0.1, 0.15) is 25.3 Å². The maximum absolute atomic E-state index is 6.06. The second kappa shape index (κ2) is 4.97. The molecule has 0 radical (unpaired) electrons. The molecule has 2 rings (SSSR count). The summed E-state index contributed by atoms with van der Waals surface area (Å²) in [5, 5.41) is 1.87. The fourth-order valence-corrected chi connectivity index (χ4v) is 2.62. The second-order valence-corrected chi connectivity index (χ2v) is 5.50. The lowest BCUT2D eigenvalue weighted by Gasteiger charge is -2.14. The lowest BCUT2D eigenvalue weighted by atomic mass is 10.1. The summed E-state index contributed by atoms with van der Waals surface area (Å²) in [4.78, 5) is 0. The number of aryl methyl sites for hydroxylation is 1. The van der Waals surface area contributed by atoms with Crippen LogP contribution in [0.3, 0.4) is 0 Å². The van der Waals surface area contributed by atoms with Crippen LogP contribution in [0.15, 0.2) is 18.2 Å². The standard InChI is InChI=1S/C13H16BrClO/c1-2-10-7-11(3-4-12(10)15)16-9-13(8-14)5-6-13/h3-4,7H,2,5-6,8-9H2,1H3. The van der Waals surface area contributed by atoms with Crippen molar-refractivity contribution in [3.63, 3.8) is 0 Å². The van der Waals surface area contributed by atoms with Crippen LogP contribution in [0, 0.1) is 5.41 Å². The quantitative estimate of drug-likeness (QED) is 0.730. The molecule has 1 aromatic rings. The molecule has 0 amide bonds. The molecule has 0 heterocycles. The molecule has 0 aliphatic heterocycles. The minimum atomic E-state index is 0.395. The Morgan fingerprint density at radius 2 is 2.19 bits per heavy atom. The van der Waals surface area contributed by atoms with Gasteiger partial charge in [0.15, 0.2) is 0 Å². The van der Waals surface area contributed by atoms with Gasteiger partial charge in [-0.25, -0.2) is 0 Å². The highest BCUT2D eigenvalue weighted by molar-refractivity contribution is 9.09. The molecular formula is C13H16BrClO. The summed E-state index contributed by atoms with van der Waals surface area (Å²) in [5.41, 5.74) is 1.55. The zero-order valence-corrected chi connectivity index (χ0v) is 11.8. The molecule has 0 atom stereocenters. The monoisotopic (exact) mass is 302 g/mol. The van der Waals surface area contributed by atoms with Crippen molar-refractivity contribution in [3.8, 4) is 5.75 Å². The van der Waals surface area contributed by atoms with Crippen LogP contribution in [0.4, 0.5) is 0 Å². The third-order valence-corrected chi connectivity index (χ3v) is 4.74. The Hall–Kier alpha value is -0.210. The number of rotatable bonds is 5. The topological polar surface area (TPSA) is 9.23 Å². The van der Waals surface area contributed by atoms with Crippen molar-refractivity contribution in [1.82, 2.24) is 0 Å². The summed E-state index contributed by atoms with van der Waals surface area (Å²) in [7, 11) is 0. The molecule has 1 fully saturated rings. The molecule has 0 N–H and O–H groups in total. The molecule has 88 valence electrons. The first-order valence-corrected chi connectivity index (χ1v) is 7.16. The SMILES string of the molecule is CCc1cc(OCC2(CBr)CC2)ccc1Cl. The Bertz CT molecular complexity index is 374. The molecule has 0 spiro atoms. The van der Waals surface area contributed by atoms with Gasteiger partial charge in [0.25, 0.3) is 0 Å². The summed E-state index contributed by atoms with van der Waals surface area (Å²) in [6.07, 6.45) is 3.48. The third kappa shape index (κ3) is 2.72. The van der Waals surface area contributed by atoms with Gasteiger partial charge < -0.3 is 4.74 Å². The predicted octanol–water partition coefficient (Wildman–Crippen LogP) is 4.46. The Morgan fingerprint density at radius 1 is 1.44 bits per heavy atom. The van der Waals surface area contributed by atoms with Crippen LogP contribution in [-0.4, -0.2) is 11.9 Å². The van der Waals surface area contributed by atoms with Gasteiger partial charge in [-0.2, -0.15) is 0 Å².